The molecule has 0 N–H and O–H groups in total. The molecule has 0 spiro atoms. The molecule has 1 rings (SSSR count). The van der Waals surface area contributed by atoms with Gasteiger partial charge < -0.3 is 4.74 Å². The molecular weight excluding hydrogens is 172 g/mol. The lowest BCUT2D eigenvalue weighted by atomic mass is 10.1. The Bertz CT molecular complexity index is 292. The van der Waals surface area contributed by atoms with Crippen LogP contribution in [0.2, 0.25) is 5.02 Å². The summed E-state index contributed by atoms with van der Waals surface area (Å²) in [6, 6.07) is 7.69. The molecule has 0 saturated heterocycles. The van der Waals surface area contributed by atoms with E-state index >= 15 is 0 Å². The molecule has 0 saturated carbocycles. The number of methoxy groups -OCH3 is 1. The van der Waals surface area contributed by atoms with Gasteiger partial charge in [0.25, 0.3) is 0 Å². The van der Waals surface area contributed by atoms with Crippen LogP contribution in [0.15, 0.2) is 30.5 Å². The van der Waals surface area contributed by atoms with Gasteiger partial charge in [0.2, 0.25) is 0 Å². The summed E-state index contributed by atoms with van der Waals surface area (Å²) in [5.74, 6) is 0. The zero-order valence-electron chi connectivity index (χ0n) is 7.17. The lowest BCUT2D eigenvalue weighted by Gasteiger charge is -2.02. The molecule has 0 bridgehead atoms. The van der Waals surface area contributed by atoms with Crippen LogP contribution in [-0.4, -0.2) is 7.11 Å². The average Bonchev–Trinajstić information content (AvgIpc) is 2.05. The molecule has 0 heterocycles. The zero-order chi connectivity index (χ0) is 8.97. The third-order valence-electron chi connectivity index (χ3n) is 1.59. The number of rotatable bonds is 2. The van der Waals surface area contributed by atoms with E-state index in [1.54, 1.807) is 13.4 Å². The highest BCUT2D eigenvalue weighted by molar-refractivity contribution is 6.32. The summed E-state index contributed by atoms with van der Waals surface area (Å²) >= 11 is 5.96. The summed E-state index contributed by atoms with van der Waals surface area (Å²) in [6.07, 6.45) is 1.68. The molecule has 1 aromatic rings. The summed E-state index contributed by atoms with van der Waals surface area (Å²) in [4.78, 5) is 0. The van der Waals surface area contributed by atoms with Gasteiger partial charge in [-0.2, -0.15) is 0 Å². The maximum absolute atomic E-state index is 5.96. The number of benzene rings is 1. The second-order valence-corrected chi connectivity index (χ2v) is 2.92. The van der Waals surface area contributed by atoms with E-state index in [1.165, 1.54) is 0 Å². The molecular formula is C10H11ClO. The van der Waals surface area contributed by atoms with Gasteiger partial charge in [0.15, 0.2) is 0 Å². The van der Waals surface area contributed by atoms with Crippen molar-refractivity contribution in [3.8, 4) is 0 Å². The van der Waals surface area contributed by atoms with Gasteiger partial charge in [0.1, 0.15) is 0 Å². The van der Waals surface area contributed by atoms with Gasteiger partial charge >= 0.3 is 0 Å². The Morgan fingerprint density at radius 3 is 2.67 bits per heavy atom. The molecule has 2 heteroatoms. The molecule has 0 unspecified atom stereocenters. The fraction of sp³-hybridized carbons (Fsp3) is 0.200. The Morgan fingerprint density at radius 1 is 1.42 bits per heavy atom. The molecule has 1 nitrogen and oxygen atoms in total. The predicted molar refractivity (Wildman–Crippen MR) is 52.1 cm³/mol. The van der Waals surface area contributed by atoms with E-state index in [4.69, 9.17) is 16.3 Å². The summed E-state index contributed by atoms with van der Waals surface area (Å²) < 4.78 is 4.89. The standard InChI is InChI=1S/C10H11ClO/c1-8(7-12-2)9-5-3-4-6-10(9)11/h3-7H,1-2H3. The van der Waals surface area contributed by atoms with Crippen LogP contribution in [0.5, 0.6) is 0 Å². The SMILES string of the molecule is COC=C(C)c1ccccc1Cl. The van der Waals surface area contributed by atoms with E-state index in [1.807, 2.05) is 31.2 Å². The van der Waals surface area contributed by atoms with Crippen molar-refractivity contribution in [1.29, 1.82) is 0 Å². The molecule has 0 aliphatic heterocycles. The second-order valence-electron chi connectivity index (χ2n) is 2.52. The second kappa shape index (κ2) is 4.17. The van der Waals surface area contributed by atoms with E-state index in [2.05, 4.69) is 0 Å². The summed E-state index contributed by atoms with van der Waals surface area (Å²) in [7, 11) is 1.63. The van der Waals surface area contributed by atoms with E-state index in [0.29, 0.717) is 0 Å². The quantitative estimate of drug-likeness (QED) is 0.638. The average molecular weight is 183 g/mol. The third-order valence-corrected chi connectivity index (χ3v) is 1.92. The lowest BCUT2D eigenvalue weighted by molar-refractivity contribution is 0.339. The van der Waals surface area contributed by atoms with Crippen LogP contribution in [0.3, 0.4) is 0 Å². The molecule has 0 atom stereocenters. The molecule has 0 aliphatic rings. The van der Waals surface area contributed by atoms with Crippen LogP contribution >= 0.6 is 11.6 Å². The molecule has 1 aromatic carbocycles. The Morgan fingerprint density at radius 2 is 2.08 bits per heavy atom. The first-order chi connectivity index (χ1) is 5.75. The molecule has 0 fully saturated rings. The van der Waals surface area contributed by atoms with Crippen molar-refractivity contribution < 1.29 is 4.74 Å². The molecule has 0 aromatic heterocycles. The Hall–Kier alpha value is -0.950. The minimum absolute atomic E-state index is 0.753. The number of hydrogen-bond acceptors (Lipinski definition) is 1. The Labute approximate surface area is 77.6 Å². The van der Waals surface area contributed by atoms with Crippen LogP contribution in [-0.2, 0) is 4.74 Å². The number of halogens is 1. The van der Waals surface area contributed by atoms with Gasteiger partial charge in [-0.1, -0.05) is 29.8 Å². The first-order valence-electron chi connectivity index (χ1n) is 3.70. The summed E-state index contributed by atoms with van der Waals surface area (Å²) in [5.41, 5.74) is 2.05. The Balaban J connectivity index is 3.02. The number of allylic oxidation sites excluding steroid dienone is 1. The topological polar surface area (TPSA) is 9.23 Å². The van der Waals surface area contributed by atoms with Crippen LogP contribution in [0.25, 0.3) is 5.57 Å². The van der Waals surface area contributed by atoms with Crippen LogP contribution < -0.4 is 0 Å². The van der Waals surface area contributed by atoms with Crippen molar-refractivity contribution in [2.75, 3.05) is 7.11 Å². The van der Waals surface area contributed by atoms with Crippen molar-refractivity contribution in [1.82, 2.24) is 0 Å². The maximum atomic E-state index is 5.96. The molecule has 64 valence electrons. The van der Waals surface area contributed by atoms with Crippen LogP contribution in [0.1, 0.15) is 12.5 Å². The lowest BCUT2D eigenvalue weighted by Crippen LogP contribution is -1.81. The number of hydrogen-bond donors (Lipinski definition) is 0. The van der Waals surface area contributed by atoms with Crippen molar-refractivity contribution in [3.05, 3.63) is 41.1 Å². The minimum Gasteiger partial charge on any atom is -0.504 e. The van der Waals surface area contributed by atoms with E-state index < -0.39 is 0 Å². The van der Waals surface area contributed by atoms with Gasteiger partial charge in [-0.25, -0.2) is 0 Å². The summed E-state index contributed by atoms with van der Waals surface area (Å²) in [5, 5.41) is 0.753. The highest BCUT2D eigenvalue weighted by atomic mass is 35.5. The highest BCUT2D eigenvalue weighted by Crippen LogP contribution is 2.22. The van der Waals surface area contributed by atoms with Crippen molar-refractivity contribution >= 4 is 17.2 Å². The summed E-state index contributed by atoms with van der Waals surface area (Å²) in [6.45, 7) is 1.96. The largest absolute Gasteiger partial charge is 0.504 e. The zero-order valence-corrected chi connectivity index (χ0v) is 7.93. The van der Waals surface area contributed by atoms with Gasteiger partial charge in [0, 0.05) is 5.02 Å². The van der Waals surface area contributed by atoms with E-state index in [-0.39, 0.29) is 0 Å². The van der Waals surface area contributed by atoms with Gasteiger partial charge in [-0.05, 0) is 24.1 Å². The Kier molecular flexibility index (Phi) is 3.18. The fourth-order valence-corrected chi connectivity index (χ4v) is 1.31. The first kappa shape index (κ1) is 9.14. The molecule has 12 heavy (non-hydrogen) atoms. The minimum atomic E-state index is 0.753. The van der Waals surface area contributed by atoms with Crippen LogP contribution in [0, 0.1) is 0 Å². The third kappa shape index (κ3) is 2.02. The number of ether oxygens (including phenoxy) is 1. The smallest absolute Gasteiger partial charge is 0.0860 e. The normalized spacial score (nSPS) is 11.4. The van der Waals surface area contributed by atoms with Gasteiger partial charge in [-0.3, -0.25) is 0 Å². The predicted octanol–water partition coefficient (Wildman–Crippen LogP) is 3.35. The van der Waals surface area contributed by atoms with Crippen molar-refractivity contribution in [3.63, 3.8) is 0 Å². The molecule has 0 amide bonds. The van der Waals surface area contributed by atoms with E-state index in [0.717, 1.165) is 16.2 Å². The highest BCUT2D eigenvalue weighted by Gasteiger charge is 1.99. The monoisotopic (exact) mass is 182 g/mol. The van der Waals surface area contributed by atoms with Gasteiger partial charge in [-0.15, -0.1) is 0 Å². The van der Waals surface area contributed by atoms with E-state index in [9.17, 15) is 0 Å². The molecule has 0 radical (unpaired) electrons. The van der Waals surface area contributed by atoms with Crippen LogP contribution in [0.4, 0.5) is 0 Å². The maximum Gasteiger partial charge on any atom is 0.0860 e. The van der Waals surface area contributed by atoms with Gasteiger partial charge in [0.05, 0.1) is 13.4 Å². The first-order valence-corrected chi connectivity index (χ1v) is 4.08. The fourth-order valence-electron chi connectivity index (χ4n) is 1.02. The molecule has 0 aliphatic carbocycles. The van der Waals surface area contributed by atoms with Crippen molar-refractivity contribution in [2.24, 2.45) is 0 Å². The van der Waals surface area contributed by atoms with Crippen molar-refractivity contribution in [2.45, 2.75) is 6.92 Å².